The first-order valence-electron chi connectivity index (χ1n) is 7.56. The highest BCUT2D eigenvalue weighted by atomic mass is 16.3. The highest BCUT2D eigenvalue weighted by Gasteiger charge is 2.23. The number of aliphatic hydroxyl groups excluding tert-OH is 1. The van der Waals surface area contributed by atoms with Gasteiger partial charge >= 0.3 is 0 Å². The standard InChI is InChI=1S/C16H20N4O3/c17-16(22)14-4-1-5-15(18-14)20-7-6-19(9-12(21)10-20)11-13-3-2-8-23-13/h1-5,8,12,21H,6-7,9-11H2,(H2,17,22). The normalized spacial score (nSPS) is 19.5. The number of carbonyl (C=O) groups excluding carboxylic acids is 1. The van der Waals surface area contributed by atoms with E-state index in [1.807, 2.05) is 23.1 Å². The Hall–Kier alpha value is -2.38. The van der Waals surface area contributed by atoms with Crippen LogP contribution >= 0.6 is 0 Å². The number of β-amino-alcohol motifs (C(OH)–C–C–N with tert-alkyl or cyclic N) is 1. The number of hydrogen-bond acceptors (Lipinski definition) is 6. The van der Waals surface area contributed by atoms with Crippen molar-refractivity contribution in [3.63, 3.8) is 0 Å². The molecule has 7 heteroatoms. The number of anilines is 1. The van der Waals surface area contributed by atoms with Crippen molar-refractivity contribution in [2.24, 2.45) is 5.73 Å². The van der Waals surface area contributed by atoms with E-state index < -0.39 is 12.0 Å². The number of furan rings is 1. The number of rotatable bonds is 4. The summed E-state index contributed by atoms with van der Waals surface area (Å²) < 4.78 is 5.37. The highest BCUT2D eigenvalue weighted by Crippen LogP contribution is 2.16. The lowest BCUT2D eigenvalue weighted by Crippen LogP contribution is -2.34. The van der Waals surface area contributed by atoms with Gasteiger partial charge in [0.15, 0.2) is 0 Å². The molecule has 3 heterocycles. The molecule has 23 heavy (non-hydrogen) atoms. The van der Waals surface area contributed by atoms with Gasteiger partial charge in [0.25, 0.3) is 5.91 Å². The van der Waals surface area contributed by atoms with Gasteiger partial charge in [-0.2, -0.15) is 0 Å². The fraction of sp³-hybridized carbons (Fsp3) is 0.375. The molecule has 0 aliphatic carbocycles. The van der Waals surface area contributed by atoms with Crippen LogP contribution in [0.4, 0.5) is 5.82 Å². The minimum absolute atomic E-state index is 0.230. The molecular formula is C16H20N4O3. The van der Waals surface area contributed by atoms with E-state index in [1.165, 1.54) is 0 Å². The summed E-state index contributed by atoms with van der Waals surface area (Å²) in [6.07, 6.45) is 1.14. The second-order valence-electron chi connectivity index (χ2n) is 5.66. The molecule has 1 fully saturated rings. The van der Waals surface area contributed by atoms with Crippen molar-refractivity contribution in [1.29, 1.82) is 0 Å². The quantitative estimate of drug-likeness (QED) is 0.850. The van der Waals surface area contributed by atoms with Gasteiger partial charge in [0.1, 0.15) is 17.3 Å². The van der Waals surface area contributed by atoms with E-state index >= 15 is 0 Å². The molecule has 0 saturated carbocycles. The zero-order valence-corrected chi connectivity index (χ0v) is 12.8. The van der Waals surface area contributed by atoms with Crippen LogP contribution < -0.4 is 10.6 Å². The summed E-state index contributed by atoms with van der Waals surface area (Å²) in [6.45, 7) is 3.15. The number of aliphatic hydroxyl groups is 1. The Labute approximate surface area is 134 Å². The molecule has 3 rings (SSSR count). The summed E-state index contributed by atoms with van der Waals surface area (Å²) in [5.74, 6) is 0.973. The van der Waals surface area contributed by atoms with E-state index in [2.05, 4.69) is 9.88 Å². The highest BCUT2D eigenvalue weighted by molar-refractivity contribution is 5.91. The molecule has 0 spiro atoms. The van der Waals surface area contributed by atoms with Crippen LogP contribution in [0.15, 0.2) is 41.0 Å². The van der Waals surface area contributed by atoms with Crippen LogP contribution in [0, 0.1) is 0 Å². The summed E-state index contributed by atoms with van der Waals surface area (Å²) in [6, 6.07) is 8.94. The van der Waals surface area contributed by atoms with E-state index in [1.54, 1.807) is 18.4 Å². The maximum absolute atomic E-state index is 11.3. The van der Waals surface area contributed by atoms with Crippen LogP contribution in [0.25, 0.3) is 0 Å². The molecular weight excluding hydrogens is 296 g/mol. The second-order valence-corrected chi connectivity index (χ2v) is 5.66. The van der Waals surface area contributed by atoms with E-state index in [4.69, 9.17) is 10.2 Å². The second kappa shape index (κ2) is 6.80. The first kappa shape index (κ1) is 15.5. The van der Waals surface area contributed by atoms with Crippen LogP contribution in [0.3, 0.4) is 0 Å². The molecule has 1 unspecified atom stereocenters. The van der Waals surface area contributed by atoms with Crippen molar-refractivity contribution >= 4 is 11.7 Å². The third-order valence-electron chi connectivity index (χ3n) is 3.86. The number of nitrogens with two attached hydrogens (primary N) is 1. The third kappa shape index (κ3) is 3.88. The molecule has 122 valence electrons. The number of carbonyl (C=O) groups is 1. The smallest absolute Gasteiger partial charge is 0.267 e. The van der Waals surface area contributed by atoms with Gasteiger partial charge in [-0.3, -0.25) is 9.69 Å². The molecule has 3 N–H and O–H groups in total. The number of nitrogens with zero attached hydrogens (tertiary/aromatic N) is 3. The number of hydrogen-bond donors (Lipinski definition) is 2. The van der Waals surface area contributed by atoms with Crippen LogP contribution in [0.2, 0.25) is 0 Å². The summed E-state index contributed by atoms with van der Waals surface area (Å²) in [5.41, 5.74) is 5.51. The van der Waals surface area contributed by atoms with Crippen LogP contribution in [-0.2, 0) is 6.54 Å². The maximum Gasteiger partial charge on any atom is 0.267 e. The molecule has 1 amide bonds. The molecule has 0 aromatic carbocycles. The van der Waals surface area contributed by atoms with Crippen molar-refractivity contribution in [1.82, 2.24) is 9.88 Å². The minimum atomic E-state index is -0.554. The lowest BCUT2D eigenvalue weighted by Gasteiger charge is -2.23. The van der Waals surface area contributed by atoms with E-state index in [-0.39, 0.29) is 5.69 Å². The van der Waals surface area contributed by atoms with Crippen molar-refractivity contribution < 1.29 is 14.3 Å². The zero-order chi connectivity index (χ0) is 16.2. The molecule has 1 saturated heterocycles. The van der Waals surface area contributed by atoms with Gasteiger partial charge in [0.05, 0.1) is 18.9 Å². The van der Waals surface area contributed by atoms with Crippen molar-refractivity contribution in [3.05, 3.63) is 48.0 Å². The van der Waals surface area contributed by atoms with Crippen molar-refractivity contribution in [2.75, 3.05) is 31.1 Å². The molecule has 1 atom stereocenters. The fourth-order valence-electron chi connectivity index (χ4n) is 2.77. The molecule has 7 nitrogen and oxygen atoms in total. The first-order chi connectivity index (χ1) is 11.1. The van der Waals surface area contributed by atoms with Crippen LogP contribution in [-0.4, -0.2) is 53.2 Å². The van der Waals surface area contributed by atoms with Crippen molar-refractivity contribution in [2.45, 2.75) is 12.6 Å². The predicted octanol–water partition coefficient (Wildman–Crippen LogP) is 0.457. The summed E-state index contributed by atoms with van der Waals surface area (Å²) in [7, 11) is 0. The van der Waals surface area contributed by atoms with Crippen LogP contribution in [0.1, 0.15) is 16.2 Å². The molecule has 0 radical (unpaired) electrons. The monoisotopic (exact) mass is 316 g/mol. The zero-order valence-electron chi connectivity index (χ0n) is 12.8. The third-order valence-corrected chi connectivity index (χ3v) is 3.86. The maximum atomic E-state index is 11.3. The average molecular weight is 316 g/mol. The Morgan fingerprint density at radius 3 is 2.91 bits per heavy atom. The van der Waals surface area contributed by atoms with Crippen LogP contribution in [0.5, 0.6) is 0 Å². The minimum Gasteiger partial charge on any atom is -0.468 e. The average Bonchev–Trinajstić information content (AvgIpc) is 2.96. The molecule has 2 aromatic rings. The summed E-state index contributed by atoms with van der Waals surface area (Å²) in [5, 5.41) is 10.3. The summed E-state index contributed by atoms with van der Waals surface area (Å²) >= 11 is 0. The predicted molar refractivity (Wildman–Crippen MR) is 85.0 cm³/mol. The number of primary amides is 1. The Morgan fingerprint density at radius 1 is 1.30 bits per heavy atom. The van der Waals surface area contributed by atoms with Crippen molar-refractivity contribution in [3.8, 4) is 0 Å². The number of amides is 1. The summed E-state index contributed by atoms with van der Waals surface area (Å²) in [4.78, 5) is 19.7. The topological polar surface area (TPSA) is 95.8 Å². The Kier molecular flexibility index (Phi) is 4.59. The Balaban J connectivity index is 1.70. The molecule has 1 aliphatic rings. The number of pyridine rings is 1. The van der Waals surface area contributed by atoms with Gasteiger partial charge in [-0.1, -0.05) is 6.07 Å². The molecule has 1 aliphatic heterocycles. The lowest BCUT2D eigenvalue weighted by molar-refractivity contribution is 0.0995. The van der Waals surface area contributed by atoms with E-state index in [0.29, 0.717) is 32.0 Å². The molecule has 2 aromatic heterocycles. The van der Waals surface area contributed by atoms with Gasteiger partial charge in [-0.15, -0.1) is 0 Å². The lowest BCUT2D eigenvalue weighted by atomic mass is 10.3. The Morgan fingerprint density at radius 2 is 2.17 bits per heavy atom. The fourth-order valence-corrected chi connectivity index (χ4v) is 2.77. The Bertz CT molecular complexity index is 659. The van der Waals surface area contributed by atoms with Gasteiger partial charge in [0, 0.05) is 26.2 Å². The number of aromatic nitrogens is 1. The van der Waals surface area contributed by atoms with Gasteiger partial charge in [0.2, 0.25) is 0 Å². The molecule has 0 bridgehead atoms. The van der Waals surface area contributed by atoms with Gasteiger partial charge < -0.3 is 20.2 Å². The van der Waals surface area contributed by atoms with Gasteiger partial charge in [-0.05, 0) is 24.3 Å². The van der Waals surface area contributed by atoms with E-state index in [0.717, 1.165) is 12.3 Å². The van der Waals surface area contributed by atoms with E-state index in [9.17, 15) is 9.90 Å². The SMILES string of the molecule is NC(=O)c1cccc(N2CCN(Cc3ccco3)CC(O)C2)n1. The van der Waals surface area contributed by atoms with Gasteiger partial charge in [-0.25, -0.2) is 4.98 Å². The first-order valence-corrected chi connectivity index (χ1v) is 7.56. The largest absolute Gasteiger partial charge is 0.468 e.